The molecule has 4 N–H and O–H groups in total. The van der Waals surface area contributed by atoms with Gasteiger partial charge in [-0.3, -0.25) is 0 Å². The molecule has 4 heteroatoms. The molecule has 0 bridgehead atoms. The molecule has 1 heterocycles. The fourth-order valence-electron chi connectivity index (χ4n) is 3.35. The van der Waals surface area contributed by atoms with E-state index >= 15 is 0 Å². The standard InChI is InChI=1S/C20H14N4/c21-15-9-7-11-12-8-10-18-20(14(12)6-5-13(11)19(15)22)24-17-4-2-1-3-16(17)23-18/h1-10H,21-22H2. The molecule has 0 fully saturated rings. The Morgan fingerprint density at radius 3 is 2.00 bits per heavy atom. The zero-order valence-electron chi connectivity index (χ0n) is 12.8. The van der Waals surface area contributed by atoms with Gasteiger partial charge in [0, 0.05) is 10.8 Å². The summed E-state index contributed by atoms with van der Waals surface area (Å²) in [7, 11) is 0. The van der Waals surface area contributed by atoms with Crippen LogP contribution in [0.5, 0.6) is 0 Å². The lowest BCUT2D eigenvalue weighted by molar-refractivity contribution is 1.41. The molecule has 0 aliphatic heterocycles. The summed E-state index contributed by atoms with van der Waals surface area (Å²) >= 11 is 0. The van der Waals surface area contributed by atoms with Gasteiger partial charge in [0.05, 0.1) is 33.4 Å². The van der Waals surface area contributed by atoms with E-state index in [9.17, 15) is 0 Å². The number of benzene rings is 4. The van der Waals surface area contributed by atoms with Crippen LogP contribution in [0.4, 0.5) is 11.4 Å². The summed E-state index contributed by atoms with van der Waals surface area (Å²) in [6.45, 7) is 0. The number of para-hydroxylation sites is 2. The fourth-order valence-corrected chi connectivity index (χ4v) is 3.35. The molecule has 4 aromatic carbocycles. The van der Waals surface area contributed by atoms with Crippen molar-refractivity contribution in [1.29, 1.82) is 0 Å². The Kier molecular flexibility index (Phi) is 2.48. The van der Waals surface area contributed by atoms with Crippen LogP contribution in [-0.2, 0) is 0 Å². The Hall–Kier alpha value is -3.40. The second-order valence-electron chi connectivity index (χ2n) is 5.97. The molecule has 0 amide bonds. The molecule has 0 aliphatic carbocycles. The normalized spacial score (nSPS) is 11.7. The lowest BCUT2D eigenvalue weighted by Crippen LogP contribution is -1.96. The van der Waals surface area contributed by atoms with E-state index in [0.717, 1.165) is 43.6 Å². The van der Waals surface area contributed by atoms with Gasteiger partial charge in [-0.25, -0.2) is 9.97 Å². The van der Waals surface area contributed by atoms with E-state index in [-0.39, 0.29) is 0 Å². The minimum atomic E-state index is 0.605. The highest BCUT2D eigenvalue weighted by molar-refractivity contribution is 6.19. The molecule has 114 valence electrons. The van der Waals surface area contributed by atoms with Crippen LogP contribution in [0.3, 0.4) is 0 Å². The minimum absolute atomic E-state index is 0.605. The van der Waals surface area contributed by atoms with Crippen LogP contribution >= 0.6 is 0 Å². The number of fused-ring (bicyclic) bond motifs is 6. The molecule has 0 atom stereocenters. The van der Waals surface area contributed by atoms with Gasteiger partial charge >= 0.3 is 0 Å². The highest BCUT2D eigenvalue weighted by Crippen LogP contribution is 2.34. The summed E-state index contributed by atoms with van der Waals surface area (Å²) in [5, 5.41) is 4.23. The maximum absolute atomic E-state index is 6.14. The van der Waals surface area contributed by atoms with Crippen molar-refractivity contribution in [2.24, 2.45) is 0 Å². The van der Waals surface area contributed by atoms with Crippen LogP contribution < -0.4 is 11.5 Å². The smallest absolute Gasteiger partial charge is 0.0973 e. The molecule has 0 saturated heterocycles. The molecule has 0 spiro atoms. The van der Waals surface area contributed by atoms with Crippen LogP contribution in [0.2, 0.25) is 0 Å². The van der Waals surface area contributed by atoms with E-state index in [1.807, 2.05) is 48.5 Å². The third-order valence-corrected chi connectivity index (χ3v) is 4.58. The maximum Gasteiger partial charge on any atom is 0.0973 e. The van der Waals surface area contributed by atoms with Gasteiger partial charge in [-0.05, 0) is 35.0 Å². The molecule has 5 rings (SSSR count). The van der Waals surface area contributed by atoms with Gasteiger partial charge in [-0.2, -0.15) is 0 Å². The van der Waals surface area contributed by atoms with E-state index < -0.39 is 0 Å². The third-order valence-electron chi connectivity index (χ3n) is 4.58. The SMILES string of the molecule is Nc1ccc2c(ccc3c2ccc2nc4ccccc4nc23)c1N. The molecule has 0 unspecified atom stereocenters. The van der Waals surface area contributed by atoms with Crippen molar-refractivity contribution >= 4 is 55.0 Å². The molecule has 0 radical (unpaired) electrons. The minimum Gasteiger partial charge on any atom is -0.397 e. The number of hydrogen-bond donors (Lipinski definition) is 2. The average Bonchev–Trinajstić information content (AvgIpc) is 2.62. The quantitative estimate of drug-likeness (QED) is 0.254. The van der Waals surface area contributed by atoms with Gasteiger partial charge in [-0.15, -0.1) is 0 Å². The Balaban J connectivity index is 1.99. The van der Waals surface area contributed by atoms with Crippen LogP contribution in [0, 0.1) is 0 Å². The van der Waals surface area contributed by atoms with E-state index in [1.54, 1.807) is 0 Å². The number of anilines is 2. The zero-order valence-corrected chi connectivity index (χ0v) is 12.8. The van der Waals surface area contributed by atoms with Gasteiger partial charge in [0.1, 0.15) is 0 Å². The second kappa shape index (κ2) is 4.55. The lowest BCUT2D eigenvalue weighted by Gasteiger charge is -2.10. The first-order valence-corrected chi connectivity index (χ1v) is 7.78. The summed E-state index contributed by atoms with van der Waals surface area (Å²) in [6.07, 6.45) is 0. The first-order valence-electron chi connectivity index (χ1n) is 7.78. The number of nitrogen functional groups attached to an aromatic ring is 2. The average molecular weight is 310 g/mol. The Labute approximate surface area is 137 Å². The van der Waals surface area contributed by atoms with Gasteiger partial charge < -0.3 is 11.5 Å². The number of rotatable bonds is 0. The van der Waals surface area contributed by atoms with Gasteiger partial charge in [0.25, 0.3) is 0 Å². The number of hydrogen-bond acceptors (Lipinski definition) is 4. The Bertz CT molecular complexity index is 1270. The van der Waals surface area contributed by atoms with Gasteiger partial charge in [-0.1, -0.05) is 36.4 Å². The second-order valence-corrected chi connectivity index (χ2v) is 5.97. The monoisotopic (exact) mass is 310 g/mol. The van der Waals surface area contributed by atoms with Crippen molar-refractivity contribution in [2.75, 3.05) is 11.5 Å². The lowest BCUT2D eigenvalue weighted by atomic mass is 9.99. The molecule has 24 heavy (non-hydrogen) atoms. The molecule has 0 aliphatic rings. The highest BCUT2D eigenvalue weighted by atomic mass is 14.8. The number of nitrogens with two attached hydrogens (primary N) is 2. The summed E-state index contributed by atoms with van der Waals surface area (Å²) in [6, 6.07) is 20.0. The maximum atomic E-state index is 6.14. The van der Waals surface area contributed by atoms with Gasteiger partial charge in [0.15, 0.2) is 0 Å². The molecular formula is C20H14N4. The van der Waals surface area contributed by atoms with Crippen LogP contribution in [-0.4, -0.2) is 9.97 Å². The molecule has 0 saturated carbocycles. The van der Waals surface area contributed by atoms with Crippen LogP contribution in [0.1, 0.15) is 0 Å². The van der Waals surface area contributed by atoms with Crippen molar-refractivity contribution in [2.45, 2.75) is 0 Å². The van der Waals surface area contributed by atoms with Crippen molar-refractivity contribution in [3.8, 4) is 0 Å². The van der Waals surface area contributed by atoms with E-state index in [0.29, 0.717) is 11.4 Å². The predicted molar refractivity (Wildman–Crippen MR) is 101 cm³/mol. The van der Waals surface area contributed by atoms with Crippen LogP contribution in [0.15, 0.2) is 60.7 Å². The summed E-state index contributed by atoms with van der Waals surface area (Å²) in [4.78, 5) is 9.57. The van der Waals surface area contributed by atoms with E-state index in [4.69, 9.17) is 21.4 Å². The summed E-state index contributed by atoms with van der Waals surface area (Å²) < 4.78 is 0. The predicted octanol–water partition coefficient (Wildman–Crippen LogP) is 4.25. The van der Waals surface area contributed by atoms with Crippen molar-refractivity contribution in [3.63, 3.8) is 0 Å². The number of aromatic nitrogens is 2. The zero-order chi connectivity index (χ0) is 16.3. The number of nitrogens with zero attached hydrogens (tertiary/aromatic N) is 2. The topological polar surface area (TPSA) is 77.8 Å². The van der Waals surface area contributed by atoms with Crippen molar-refractivity contribution in [1.82, 2.24) is 9.97 Å². The molecular weight excluding hydrogens is 296 g/mol. The first kappa shape index (κ1) is 13.1. The van der Waals surface area contributed by atoms with E-state index in [1.165, 1.54) is 0 Å². The van der Waals surface area contributed by atoms with Gasteiger partial charge in [0.2, 0.25) is 0 Å². The highest BCUT2D eigenvalue weighted by Gasteiger charge is 2.10. The largest absolute Gasteiger partial charge is 0.397 e. The van der Waals surface area contributed by atoms with Crippen molar-refractivity contribution < 1.29 is 0 Å². The first-order chi connectivity index (χ1) is 11.7. The van der Waals surface area contributed by atoms with Crippen LogP contribution in [0.25, 0.3) is 43.6 Å². The molecule has 5 aromatic rings. The third kappa shape index (κ3) is 1.68. The summed E-state index contributed by atoms with van der Waals surface area (Å²) in [5.41, 5.74) is 16.9. The van der Waals surface area contributed by atoms with E-state index in [2.05, 4.69) is 12.1 Å². The Morgan fingerprint density at radius 2 is 1.17 bits per heavy atom. The fraction of sp³-hybridized carbons (Fsp3) is 0. The Morgan fingerprint density at radius 1 is 0.542 bits per heavy atom. The molecule has 1 aromatic heterocycles. The molecule has 4 nitrogen and oxygen atoms in total. The van der Waals surface area contributed by atoms with Crippen molar-refractivity contribution in [3.05, 3.63) is 60.7 Å². The summed E-state index contributed by atoms with van der Waals surface area (Å²) in [5.74, 6) is 0.